The smallest absolute Gasteiger partial charge is 0.281 e. The van der Waals surface area contributed by atoms with Gasteiger partial charge in [-0.1, -0.05) is 60.7 Å². The molecule has 0 atom stereocenters. The van der Waals surface area contributed by atoms with Crippen LogP contribution in [0.15, 0.2) is 90.0 Å². The molecule has 1 aliphatic rings. The van der Waals surface area contributed by atoms with Crippen LogP contribution in [0.25, 0.3) is 0 Å². The van der Waals surface area contributed by atoms with Crippen LogP contribution in [0.2, 0.25) is 0 Å². The lowest BCUT2D eigenvalue weighted by Gasteiger charge is -2.27. The molecule has 8 heteroatoms. The Morgan fingerprint density at radius 1 is 0.943 bits per heavy atom. The van der Waals surface area contributed by atoms with E-state index in [0.717, 1.165) is 0 Å². The van der Waals surface area contributed by atoms with Gasteiger partial charge in [0.15, 0.2) is 12.2 Å². The fraction of sp³-hybridized carbons (Fsp3) is 0.222. The van der Waals surface area contributed by atoms with Crippen molar-refractivity contribution in [3.63, 3.8) is 0 Å². The predicted octanol–water partition coefficient (Wildman–Crippen LogP) is 2.31. The molecule has 180 valence electrons. The van der Waals surface area contributed by atoms with Crippen LogP contribution in [-0.2, 0) is 19.9 Å². The van der Waals surface area contributed by atoms with Crippen molar-refractivity contribution in [1.29, 1.82) is 0 Å². The van der Waals surface area contributed by atoms with Crippen molar-refractivity contribution in [3.8, 4) is 5.75 Å². The van der Waals surface area contributed by atoms with Crippen molar-refractivity contribution in [2.75, 3.05) is 32.9 Å². The fourth-order valence-electron chi connectivity index (χ4n) is 3.73. The Hall–Kier alpha value is -4.01. The van der Waals surface area contributed by atoms with Gasteiger partial charge >= 0.3 is 0 Å². The molecule has 1 saturated heterocycles. The number of hydrazone groups is 1. The van der Waals surface area contributed by atoms with Crippen LogP contribution in [0.3, 0.4) is 0 Å². The molecule has 35 heavy (non-hydrogen) atoms. The molecule has 8 nitrogen and oxygen atoms in total. The maximum Gasteiger partial charge on any atom is 0.281 e. The summed E-state index contributed by atoms with van der Waals surface area (Å²) in [7, 11) is 0. The number of hydrogen-bond donors (Lipinski definition) is 2. The van der Waals surface area contributed by atoms with Crippen molar-refractivity contribution in [2.45, 2.75) is 5.60 Å². The van der Waals surface area contributed by atoms with Gasteiger partial charge in [-0.05, 0) is 41.0 Å². The van der Waals surface area contributed by atoms with E-state index in [1.54, 1.807) is 77.7 Å². The van der Waals surface area contributed by atoms with Crippen LogP contribution in [0.1, 0.15) is 16.7 Å². The lowest BCUT2D eigenvalue weighted by atomic mass is 9.85. The molecule has 0 saturated carbocycles. The van der Waals surface area contributed by atoms with E-state index in [1.807, 2.05) is 12.1 Å². The first-order chi connectivity index (χ1) is 17.1. The van der Waals surface area contributed by atoms with Crippen LogP contribution in [0.5, 0.6) is 5.75 Å². The average molecular weight is 474 g/mol. The third-order valence-electron chi connectivity index (χ3n) is 5.70. The van der Waals surface area contributed by atoms with E-state index in [2.05, 4.69) is 10.5 Å². The number of hydrogen-bond acceptors (Lipinski definition) is 6. The molecule has 1 aliphatic heterocycles. The second-order valence-corrected chi connectivity index (χ2v) is 7.99. The van der Waals surface area contributed by atoms with Crippen LogP contribution in [0, 0.1) is 0 Å². The van der Waals surface area contributed by atoms with Gasteiger partial charge in [0.1, 0.15) is 5.75 Å². The number of nitrogens with zero attached hydrogens (tertiary/aromatic N) is 2. The molecule has 0 unspecified atom stereocenters. The summed E-state index contributed by atoms with van der Waals surface area (Å²) in [6.45, 7) is 2.20. The van der Waals surface area contributed by atoms with Gasteiger partial charge in [0.25, 0.3) is 11.8 Å². The Balaban J connectivity index is 1.37. The number of carbonyl (C=O) groups is 2. The van der Waals surface area contributed by atoms with Gasteiger partial charge < -0.3 is 19.5 Å². The number of morpholine rings is 1. The molecule has 3 aromatic rings. The Morgan fingerprint density at radius 2 is 1.51 bits per heavy atom. The Labute approximate surface area is 203 Å². The maximum absolute atomic E-state index is 13.1. The summed E-state index contributed by atoms with van der Waals surface area (Å²) < 4.78 is 10.8. The number of rotatable bonds is 8. The quantitative estimate of drug-likeness (QED) is 0.386. The van der Waals surface area contributed by atoms with Gasteiger partial charge in [0.2, 0.25) is 0 Å². The largest absolute Gasteiger partial charge is 0.484 e. The Kier molecular flexibility index (Phi) is 7.87. The van der Waals surface area contributed by atoms with E-state index in [-0.39, 0.29) is 12.5 Å². The summed E-state index contributed by atoms with van der Waals surface area (Å²) in [5.74, 6) is -0.200. The summed E-state index contributed by atoms with van der Waals surface area (Å²) in [5.41, 5.74) is 2.13. The van der Waals surface area contributed by atoms with E-state index in [1.165, 1.54) is 6.21 Å². The molecule has 0 spiro atoms. The molecule has 0 aliphatic carbocycles. The highest BCUT2D eigenvalue weighted by atomic mass is 16.5. The van der Waals surface area contributed by atoms with Gasteiger partial charge in [-0.15, -0.1) is 0 Å². The number of amides is 2. The zero-order valence-corrected chi connectivity index (χ0v) is 19.2. The van der Waals surface area contributed by atoms with Crippen molar-refractivity contribution < 1.29 is 24.2 Å². The third-order valence-corrected chi connectivity index (χ3v) is 5.70. The first-order valence-electron chi connectivity index (χ1n) is 11.3. The van der Waals surface area contributed by atoms with Gasteiger partial charge in [0, 0.05) is 13.1 Å². The Bertz CT molecular complexity index is 1100. The van der Waals surface area contributed by atoms with E-state index < -0.39 is 11.5 Å². The van der Waals surface area contributed by atoms with Gasteiger partial charge in [-0.3, -0.25) is 9.59 Å². The van der Waals surface area contributed by atoms with E-state index >= 15 is 0 Å². The summed E-state index contributed by atoms with van der Waals surface area (Å²) in [4.78, 5) is 27.0. The number of aliphatic hydroxyl groups is 1. The third kappa shape index (κ3) is 5.92. The molecular formula is C27H27N3O5. The maximum atomic E-state index is 13.1. The van der Waals surface area contributed by atoms with Crippen LogP contribution in [-0.4, -0.2) is 60.9 Å². The monoisotopic (exact) mass is 473 g/mol. The number of benzene rings is 3. The SMILES string of the molecule is O=C(COc1ccc(/C=N/NC(=O)C(O)(c2ccccc2)c2ccccc2)cc1)N1CCOCC1. The van der Waals surface area contributed by atoms with Gasteiger partial charge in [-0.25, -0.2) is 5.43 Å². The minimum Gasteiger partial charge on any atom is -0.484 e. The second-order valence-electron chi connectivity index (χ2n) is 7.99. The first kappa shape index (κ1) is 24.1. The molecular weight excluding hydrogens is 446 g/mol. The van der Waals surface area contributed by atoms with Crippen LogP contribution < -0.4 is 10.2 Å². The highest BCUT2D eigenvalue weighted by Crippen LogP contribution is 2.29. The Morgan fingerprint density at radius 3 is 2.09 bits per heavy atom. The van der Waals surface area contributed by atoms with Crippen molar-refractivity contribution in [1.82, 2.24) is 10.3 Å². The van der Waals surface area contributed by atoms with Crippen LogP contribution >= 0.6 is 0 Å². The average Bonchev–Trinajstić information content (AvgIpc) is 2.93. The molecule has 1 fully saturated rings. The lowest BCUT2D eigenvalue weighted by Crippen LogP contribution is -2.43. The van der Waals surface area contributed by atoms with E-state index in [9.17, 15) is 14.7 Å². The summed E-state index contributed by atoms with van der Waals surface area (Å²) in [6, 6.07) is 24.4. The molecule has 4 rings (SSSR count). The second kappa shape index (κ2) is 11.4. The van der Waals surface area contributed by atoms with Crippen molar-refractivity contribution >= 4 is 18.0 Å². The van der Waals surface area contributed by atoms with E-state index in [0.29, 0.717) is 48.7 Å². The molecule has 1 heterocycles. The minimum atomic E-state index is -1.90. The fourth-order valence-corrected chi connectivity index (χ4v) is 3.73. The summed E-state index contributed by atoms with van der Waals surface area (Å²) in [5, 5.41) is 15.4. The highest BCUT2D eigenvalue weighted by molar-refractivity contribution is 5.91. The zero-order valence-electron chi connectivity index (χ0n) is 19.2. The first-order valence-corrected chi connectivity index (χ1v) is 11.3. The number of ether oxygens (including phenoxy) is 2. The molecule has 3 aromatic carbocycles. The minimum absolute atomic E-state index is 0.0406. The normalized spacial score (nSPS) is 14.0. The topological polar surface area (TPSA) is 100 Å². The van der Waals surface area contributed by atoms with Gasteiger partial charge in [-0.2, -0.15) is 5.10 Å². The molecule has 0 bridgehead atoms. The van der Waals surface area contributed by atoms with Crippen molar-refractivity contribution in [2.24, 2.45) is 5.10 Å². The van der Waals surface area contributed by atoms with Crippen LogP contribution in [0.4, 0.5) is 0 Å². The standard InChI is InChI=1S/C27H27N3O5/c31-25(30-15-17-34-18-16-30)20-35-24-13-11-21(12-14-24)19-28-29-26(32)27(33,22-7-3-1-4-8-22)23-9-5-2-6-10-23/h1-14,19,33H,15-18,20H2,(H,29,32)/b28-19+. The summed E-state index contributed by atoms with van der Waals surface area (Å²) >= 11 is 0. The number of nitrogens with one attached hydrogen (secondary N) is 1. The number of carbonyl (C=O) groups excluding carboxylic acids is 2. The predicted molar refractivity (Wildman–Crippen MR) is 131 cm³/mol. The lowest BCUT2D eigenvalue weighted by molar-refractivity contribution is -0.137. The molecule has 2 N–H and O–H groups in total. The zero-order chi connectivity index (χ0) is 24.5. The molecule has 2 amide bonds. The van der Waals surface area contributed by atoms with Gasteiger partial charge in [0.05, 0.1) is 19.4 Å². The van der Waals surface area contributed by atoms with Crippen molar-refractivity contribution in [3.05, 3.63) is 102 Å². The molecule has 0 aromatic heterocycles. The summed E-state index contributed by atoms with van der Waals surface area (Å²) in [6.07, 6.45) is 1.47. The highest BCUT2D eigenvalue weighted by Gasteiger charge is 2.39. The molecule has 0 radical (unpaired) electrons. The van der Waals surface area contributed by atoms with E-state index in [4.69, 9.17) is 9.47 Å².